The Bertz CT molecular complexity index is 395. The summed E-state index contributed by atoms with van der Waals surface area (Å²) in [4.78, 5) is 11.3. The van der Waals surface area contributed by atoms with Crippen molar-refractivity contribution < 1.29 is 9.53 Å². The van der Waals surface area contributed by atoms with Gasteiger partial charge in [0, 0.05) is 13.1 Å². The number of hydrogen-bond acceptors (Lipinski definition) is 3. The first-order valence-corrected chi connectivity index (χ1v) is 5.28. The molecule has 0 aliphatic carbocycles. The van der Waals surface area contributed by atoms with Gasteiger partial charge in [-0.05, 0) is 17.7 Å². The monoisotopic (exact) mass is 233 g/mol. The Balaban J connectivity index is 2.29. The van der Waals surface area contributed by atoms with Crippen LogP contribution in [0.5, 0.6) is 5.75 Å². The molecule has 0 radical (unpaired) electrons. The van der Waals surface area contributed by atoms with Gasteiger partial charge in [-0.25, -0.2) is 4.79 Å². The average Bonchev–Trinajstić information content (AvgIpc) is 2.37. The molecule has 1 aromatic rings. The maximum Gasteiger partial charge on any atom is 0.315 e. The van der Waals surface area contributed by atoms with Crippen molar-refractivity contribution >= 4 is 6.03 Å². The lowest BCUT2D eigenvalue weighted by Crippen LogP contribution is -2.35. The van der Waals surface area contributed by atoms with Crippen LogP contribution in [0.3, 0.4) is 0 Å². The van der Waals surface area contributed by atoms with Gasteiger partial charge in [0.2, 0.25) is 0 Å². The van der Waals surface area contributed by atoms with Crippen molar-refractivity contribution in [1.29, 1.82) is 5.26 Å². The number of benzene rings is 1. The molecular formula is C12H15N3O2. The minimum atomic E-state index is -0.268. The van der Waals surface area contributed by atoms with Crippen molar-refractivity contribution in [2.75, 3.05) is 13.7 Å². The highest BCUT2D eigenvalue weighted by Gasteiger charge is 1.99. The van der Waals surface area contributed by atoms with Crippen LogP contribution in [0.1, 0.15) is 12.0 Å². The Hall–Kier alpha value is -2.22. The van der Waals surface area contributed by atoms with E-state index in [1.54, 1.807) is 7.11 Å². The third-order valence-electron chi connectivity index (χ3n) is 2.13. The highest BCUT2D eigenvalue weighted by atomic mass is 16.5. The maximum absolute atomic E-state index is 11.3. The molecule has 2 amide bonds. The Morgan fingerprint density at radius 3 is 2.65 bits per heavy atom. The largest absolute Gasteiger partial charge is 0.497 e. The summed E-state index contributed by atoms with van der Waals surface area (Å²) < 4.78 is 5.03. The van der Waals surface area contributed by atoms with Crippen LogP contribution in [0, 0.1) is 11.3 Å². The first-order chi connectivity index (χ1) is 8.26. The number of urea groups is 1. The summed E-state index contributed by atoms with van der Waals surface area (Å²) in [5.74, 6) is 0.784. The second kappa shape index (κ2) is 7.12. The second-order valence-corrected chi connectivity index (χ2v) is 3.37. The van der Waals surface area contributed by atoms with Crippen LogP contribution in [0.15, 0.2) is 24.3 Å². The van der Waals surface area contributed by atoms with Crippen LogP contribution in [-0.4, -0.2) is 19.7 Å². The molecule has 0 fully saturated rings. The van der Waals surface area contributed by atoms with Crippen LogP contribution in [0.2, 0.25) is 0 Å². The van der Waals surface area contributed by atoms with E-state index < -0.39 is 0 Å². The first-order valence-electron chi connectivity index (χ1n) is 5.28. The smallest absolute Gasteiger partial charge is 0.315 e. The van der Waals surface area contributed by atoms with Crippen LogP contribution in [0.25, 0.3) is 0 Å². The number of carbonyl (C=O) groups excluding carboxylic acids is 1. The molecule has 5 nitrogen and oxygen atoms in total. The minimum Gasteiger partial charge on any atom is -0.497 e. The van der Waals surface area contributed by atoms with Crippen molar-refractivity contribution in [1.82, 2.24) is 10.6 Å². The van der Waals surface area contributed by atoms with Crippen LogP contribution >= 0.6 is 0 Å². The minimum absolute atomic E-state index is 0.268. The highest BCUT2D eigenvalue weighted by Crippen LogP contribution is 2.10. The predicted octanol–water partition coefficient (Wildman–Crippen LogP) is 1.41. The van der Waals surface area contributed by atoms with Gasteiger partial charge in [-0.15, -0.1) is 0 Å². The molecule has 5 heteroatoms. The molecule has 1 rings (SSSR count). The molecule has 0 saturated carbocycles. The fourth-order valence-electron chi connectivity index (χ4n) is 1.22. The highest BCUT2D eigenvalue weighted by molar-refractivity contribution is 5.73. The average molecular weight is 233 g/mol. The lowest BCUT2D eigenvalue weighted by molar-refractivity contribution is 0.240. The molecule has 90 valence electrons. The maximum atomic E-state index is 11.3. The van der Waals surface area contributed by atoms with Gasteiger partial charge in [0.25, 0.3) is 0 Å². The van der Waals surface area contributed by atoms with E-state index in [1.807, 2.05) is 30.3 Å². The number of rotatable bonds is 5. The van der Waals surface area contributed by atoms with E-state index in [0.29, 0.717) is 19.5 Å². The van der Waals surface area contributed by atoms with Crippen molar-refractivity contribution in [2.24, 2.45) is 0 Å². The van der Waals surface area contributed by atoms with Crippen LogP contribution in [-0.2, 0) is 6.54 Å². The number of hydrogen-bond donors (Lipinski definition) is 2. The molecular weight excluding hydrogens is 218 g/mol. The number of methoxy groups -OCH3 is 1. The Kier molecular flexibility index (Phi) is 5.38. The second-order valence-electron chi connectivity index (χ2n) is 3.37. The van der Waals surface area contributed by atoms with Gasteiger partial charge in [0.05, 0.1) is 19.6 Å². The first kappa shape index (κ1) is 12.8. The number of ether oxygens (including phenoxy) is 1. The summed E-state index contributed by atoms with van der Waals surface area (Å²) in [6.07, 6.45) is 0.315. The molecule has 0 unspecified atom stereocenters. The zero-order valence-electron chi connectivity index (χ0n) is 9.69. The van der Waals surface area contributed by atoms with E-state index in [1.165, 1.54) is 0 Å². The normalized spacial score (nSPS) is 9.18. The molecule has 0 aliphatic heterocycles. The molecule has 0 aromatic heterocycles. The van der Waals surface area contributed by atoms with Gasteiger partial charge in [-0.3, -0.25) is 0 Å². The molecule has 0 heterocycles. The van der Waals surface area contributed by atoms with Crippen LogP contribution in [0.4, 0.5) is 4.79 Å². The standard InChI is InChI=1S/C12H15N3O2/c1-17-11-5-3-10(4-6-11)9-15-12(16)14-8-2-7-13/h3-6H,2,8-9H2,1H3,(H2,14,15,16). The van der Waals surface area contributed by atoms with E-state index in [9.17, 15) is 4.79 Å². The number of amides is 2. The Morgan fingerprint density at radius 2 is 2.06 bits per heavy atom. The number of nitrogens with one attached hydrogen (secondary N) is 2. The molecule has 2 N–H and O–H groups in total. The van der Waals surface area contributed by atoms with E-state index in [-0.39, 0.29) is 6.03 Å². The van der Waals surface area contributed by atoms with Gasteiger partial charge >= 0.3 is 6.03 Å². The zero-order chi connectivity index (χ0) is 12.5. The number of nitriles is 1. The van der Waals surface area contributed by atoms with Gasteiger partial charge in [0.15, 0.2) is 0 Å². The summed E-state index contributed by atoms with van der Waals surface area (Å²) in [6.45, 7) is 0.813. The summed E-state index contributed by atoms with van der Waals surface area (Å²) in [7, 11) is 1.61. The summed E-state index contributed by atoms with van der Waals surface area (Å²) in [5.41, 5.74) is 0.987. The molecule has 0 saturated heterocycles. The Morgan fingerprint density at radius 1 is 1.35 bits per heavy atom. The fourth-order valence-corrected chi connectivity index (χ4v) is 1.22. The summed E-state index contributed by atoms with van der Waals surface area (Å²) >= 11 is 0. The summed E-state index contributed by atoms with van der Waals surface area (Å²) in [5, 5.41) is 13.6. The van der Waals surface area contributed by atoms with Crippen LogP contribution < -0.4 is 15.4 Å². The SMILES string of the molecule is COc1ccc(CNC(=O)NCCC#N)cc1. The van der Waals surface area contributed by atoms with E-state index in [4.69, 9.17) is 10.00 Å². The lowest BCUT2D eigenvalue weighted by atomic mass is 10.2. The third-order valence-corrected chi connectivity index (χ3v) is 2.13. The van der Waals surface area contributed by atoms with Gasteiger partial charge in [-0.1, -0.05) is 12.1 Å². The predicted molar refractivity (Wildman–Crippen MR) is 63.5 cm³/mol. The van der Waals surface area contributed by atoms with Crippen molar-refractivity contribution in [3.8, 4) is 11.8 Å². The topological polar surface area (TPSA) is 74.2 Å². The Labute approximate surface area is 100 Å². The number of nitrogens with zero attached hydrogens (tertiary/aromatic N) is 1. The molecule has 1 aromatic carbocycles. The van der Waals surface area contributed by atoms with Gasteiger partial charge < -0.3 is 15.4 Å². The molecule has 0 aliphatic rings. The number of carbonyl (C=O) groups is 1. The van der Waals surface area contributed by atoms with Gasteiger partial charge in [-0.2, -0.15) is 5.26 Å². The molecule has 0 atom stereocenters. The third kappa shape index (κ3) is 4.89. The van der Waals surface area contributed by atoms with Crippen molar-refractivity contribution in [3.05, 3.63) is 29.8 Å². The molecule has 17 heavy (non-hydrogen) atoms. The van der Waals surface area contributed by atoms with E-state index in [0.717, 1.165) is 11.3 Å². The quantitative estimate of drug-likeness (QED) is 0.755. The van der Waals surface area contributed by atoms with E-state index >= 15 is 0 Å². The zero-order valence-corrected chi connectivity index (χ0v) is 9.69. The van der Waals surface area contributed by atoms with E-state index in [2.05, 4.69) is 10.6 Å². The van der Waals surface area contributed by atoms with Gasteiger partial charge in [0.1, 0.15) is 5.75 Å². The lowest BCUT2D eigenvalue weighted by Gasteiger charge is -2.06. The molecule has 0 spiro atoms. The summed E-state index contributed by atoms with van der Waals surface area (Å²) in [6, 6.07) is 9.13. The van der Waals surface area contributed by atoms with Crippen molar-refractivity contribution in [3.63, 3.8) is 0 Å². The van der Waals surface area contributed by atoms with Crippen molar-refractivity contribution in [2.45, 2.75) is 13.0 Å². The fraction of sp³-hybridized carbons (Fsp3) is 0.333. The molecule has 0 bridgehead atoms.